The fourth-order valence-corrected chi connectivity index (χ4v) is 2.25. The van der Waals surface area contributed by atoms with Gasteiger partial charge in [0.25, 0.3) is 0 Å². The van der Waals surface area contributed by atoms with Gasteiger partial charge in [-0.1, -0.05) is 18.2 Å². The van der Waals surface area contributed by atoms with Crippen LogP contribution in [0.1, 0.15) is 11.3 Å². The summed E-state index contributed by atoms with van der Waals surface area (Å²) in [7, 11) is 2.00. The molecule has 0 radical (unpaired) electrons. The Kier molecular flexibility index (Phi) is 3.11. The summed E-state index contributed by atoms with van der Waals surface area (Å²) in [5.74, 6) is 1.53. The molecule has 0 N–H and O–H groups in total. The van der Waals surface area contributed by atoms with E-state index in [4.69, 9.17) is 4.42 Å². The van der Waals surface area contributed by atoms with Crippen molar-refractivity contribution in [2.75, 3.05) is 0 Å². The van der Waals surface area contributed by atoms with Crippen LogP contribution < -0.4 is 4.57 Å². The number of pyridine rings is 1. The highest BCUT2D eigenvalue weighted by atomic mass is 16.4. The number of aromatic nitrogens is 2. The number of aryl methyl sites for hydroxylation is 3. The first-order valence-electron chi connectivity index (χ1n) is 6.64. The molecule has 3 aromatic rings. The van der Waals surface area contributed by atoms with Crippen molar-refractivity contribution < 1.29 is 8.98 Å². The van der Waals surface area contributed by atoms with Crippen molar-refractivity contribution >= 4 is 0 Å². The summed E-state index contributed by atoms with van der Waals surface area (Å²) in [5, 5.41) is 0. The Bertz CT molecular complexity index is 742. The minimum absolute atomic E-state index is 0.684. The minimum Gasteiger partial charge on any atom is -0.441 e. The van der Waals surface area contributed by atoms with E-state index in [2.05, 4.69) is 18.0 Å². The van der Waals surface area contributed by atoms with Gasteiger partial charge in [0.05, 0.1) is 0 Å². The lowest BCUT2D eigenvalue weighted by molar-refractivity contribution is -0.671. The third-order valence-corrected chi connectivity index (χ3v) is 3.42. The molecule has 0 unspecified atom stereocenters. The topological polar surface area (TPSA) is 29.9 Å². The van der Waals surface area contributed by atoms with Crippen LogP contribution in [0.2, 0.25) is 0 Å². The molecule has 20 heavy (non-hydrogen) atoms. The van der Waals surface area contributed by atoms with Crippen LogP contribution in [0.4, 0.5) is 0 Å². The second kappa shape index (κ2) is 4.93. The third kappa shape index (κ3) is 2.23. The number of benzene rings is 1. The van der Waals surface area contributed by atoms with Crippen molar-refractivity contribution in [2.24, 2.45) is 7.05 Å². The molecule has 2 heterocycles. The summed E-state index contributed by atoms with van der Waals surface area (Å²) >= 11 is 0. The first-order chi connectivity index (χ1) is 9.65. The highest BCUT2D eigenvalue weighted by molar-refractivity contribution is 5.66. The van der Waals surface area contributed by atoms with Gasteiger partial charge in [-0.25, -0.2) is 9.55 Å². The molecule has 0 aliphatic rings. The highest BCUT2D eigenvalue weighted by Gasteiger charge is 2.14. The van der Waals surface area contributed by atoms with Crippen LogP contribution in [0.5, 0.6) is 0 Å². The van der Waals surface area contributed by atoms with Crippen LogP contribution in [0.3, 0.4) is 0 Å². The molecule has 0 saturated heterocycles. The summed E-state index contributed by atoms with van der Waals surface area (Å²) in [6.07, 6.45) is 4.02. The smallest absolute Gasteiger partial charge is 0.227 e. The molecule has 3 heteroatoms. The Labute approximate surface area is 118 Å². The van der Waals surface area contributed by atoms with Crippen molar-refractivity contribution in [1.29, 1.82) is 0 Å². The van der Waals surface area contributed by atoms with Gasteiger partial charge in [-0.3, -0.25) is 0 Å². The van der Waals surface area contributed by atoms with Crippen molar-refractivity contribution in [3.8, 4) is 22.7 Å². The first kappa shape index (κ1) is 12.6. The summed E-state index contributed by atoms with van der Waals surface area (Å²) in [6.45, 7) is 4.02. The fourth-order valence-electron chi connectivity index (χ4n) is 2.25. The van der Waals surface area contributed by atoms with Crippen molar-refractivity contribution in [2.45, 2.75) is 13.8 Å². The van der Waals surface area contributed by atoms with E-state index in [-0.39, 0.29) is 0 Å². The summed E-state index contributed by atoms with van der Waals surface area (Å²) in [4.78, 5) is 4.66. The predicted octanol–water partition coefficient (Wildman–Crippen LogP) is 3.45. The molecule has 0 saturated carbocycles. The second-order valence-corrected chi connectivity index (χ2v) is 4.99. The zero-order valence-corrected chi connectivity index (χ0v) is 11.9. The van der Waals surface area contributed by atoms with E-state index in [1.165, 1.54) is 5.56 Å². The van der Waals surface area contributed by atoms with Crippen LogP contribution in [-0.4, -0.2) is 4.98 Å². The number of hydrogen-bond acceptors (Lipinski definition) is 2. The van der Waals surface area contributed by atoms with E-state index in [0.717, 1.165) is 22.6 Å². The molecule has 3 nitrogen and oxygen atoms in total. The van der Waals surface area contributed by atoms with Crippen LogP contribution in [0, 0.1) is 13.8 Å². The first-order valence-corrected chi connectivity index (χ1v) is 6.64. The number of nitrogens with zero attached hydrogens (tertiary/aromatic N) is 2. The monoisotopic (exact) mass is 265 g/mol. The van der Waals surface area contributed by atoms with E-state index >= 15 is 0 Å². The van der Waals surface area contributed by atoms with Crippen molar-refractivity contribution in [3.63, 3.8) is 0 Å². The van der Waals surface area contributed by atoms with Gasteiger partial charge in [-0.15, -0.1) is 0 Å². The summed E-state index contributed by atoms with van der Waals surface area (Å²) in [6, 6.07) is 12.2. The Morgan fingerprint density at radius 1 is 1.00 bits per heavy atom. The molecule has 0 fully saturated rings. The molecular weight excluding hydrogens is 248 g/mol. The van der Waals surface area contributed by atoms with Gasteiger partial charge >= 0.3 is 0 Å². The van der Waals surface area contributed by atoms with E-state index in [9.17, 15) is 0 Å². The lowest BCUT2D eigenvalue weighted by Crippen LogP contribution is -2.25. The van der Waals surface area contributed by atoms with Crippen molar-refractivity contribution in [3.05, 3.63) is 60.1 Å². The van der Waals surface area contributed by atoms with Gasteiger partial charge in [0.15, 0.2) is 12.4 Å². The summed E-state index contributed by atoms with van der Waals surface area (Å²) < 4.78 is 7.85. The molecule has 3 rings (SSSR count). The molecule has 2 aromatic heterocycles. The largest absolute Gasteiger partial charge is 0.441 e. The standard InChI is InChI=1S/C17H17N2O/c1-12-6-4-5-7-15(12)17-18-16(13(2)20-17)14-8-10-19(3)11-9-14/h4-11H,1-3H3/q+1. The molecular formula is C17H17N2O+. The van der Waals surface area contributed by atoms with E-state index in [0.29, 0.717) is 5.89 Å². The Hall–Kier alpha value is -2.42. The zero-order valence-electron chi connectivity index (χ0n) is 11.9. The molecule has 0 amide bonds. The van der Waals surface area contributed by atoms with Crippen LogP contribution in [0.15, 0.2) is 53.2 Å². The van der Waals surface area contributed by atoms with Gasteiger partial charge in [-0.05, 0) is 25.5 Å². The quantitative estimate of drug-likeness (QED) is 0.664. The highest BCUT2D eigenvalue weighted by Crippen LogP contribution is 2.29. The average Bonchev–Trinajstić information content (AvgIpc) is 2.82. The van der Waals surface area contributed by atoms with Gasteiger partial charge in [0.1, 0.15) is 18.5 Å². The number of rotatable bonds is 2. The van der Waals surface area contributed by atoms with Gasteiger partial charge in [0, 0.05) is 23.3 Å². The number of hydrogen-bond donors (Lipinski definition) is 0. The number of oxazole rings is 1. The fraction of sp³-hybridized carbons (Fsp3) is 0.176. The molecule has 0 bridgehead atoms. The van der Waals surface area contributed by atoms with Crippen LogP contribution in [0.25, 0.3) is 22.7 Å². The van der Waals surface area contributed by atoms with Crippen LogP contribution in [-0.2, 0) is 7.05 Å². The predicted molar refractivity (Wildman–Crippen MR) is 78.0 cm³/mol. The lowest BCUT2D eigenvalue weighted by Gasteiger charge is -1.99. The average molecular weight is 265 g/mol. The SMILES string of the molecule is Cc1ccccc1-c1nc(-c2cc[n+](C)cc2)c(C)o1. The van der Waals surface area contributed by atoms with Gasteiger partial charge in [0.2, 0.25) is 5.89 Å². The Morgan fingerprint density at radius 2 is 1.70 bits per heavy atom. The van der Waals surface area contributed by atoms with Crippen molar-refractivity contribution in [1.82, 2.24) is 4.98 Å². The second-order valence-electron chi connectivity index (χ2n) is 4.99. The maximum absolute atomic E-state index is 5.85. The van der Waals surface area contributed by atoms with E-state index < -0.39 is 0 Å². The zero-order chi connectivity index (χ0) is 14.1. The molecule has 100 valence electrons. The maximum Gasteiger partial charge on any atom is 0.227 e. The Morgan fingerprint density at radius 3 is 2.40 bits per heavy atom. The molecule has 0 spiro atoms. The summed E-state index contributed by atoms with van der Waals surface area (Å²) in [5.41, 5.74) is 4.19. The normalized spacial score (nSPS) is 10.8. The van der Waals surface area contributed by atoms with E-state index in [1.54, 1.807) is 0 Å². The Balaban J connectivity index is 2.08. The van der Waals surface area contributed by atoms with Crippen LogP contribution >= 0.6 is 0 Å². The molecule has 0 aliphatic heterocycles. The molecule has 0 aliphatic carbocycles. The third-order valence-electron chi connectivity index (χ3n) is 3.42. The maximum atomic E-state index is 5.85. The van der Waals surface area contributed by atoms with Gasteiger partial charge in [-0.2, -0.15) is 0 Å². The van der Waals surface area contributed by atoms with E-state index in [1.807, 2.05) is 61.3 Å². The molecule has 0 atom stereocenters. The molecule has 1 aromatic carbocycles. The van der Waals surface area contributed by atoms with Gasteiger partial charge < -0.3 is 4.42 Å². The lowest BCUT2D eigenvalue weighted by atomic mass is 10.1. The minimum atomic E-state index is 0.684.